The van der Waals surface area contributed by atoms with Crippen molar-refractivity contribution in [3.8, 4) is 33.4 Å². The quantitative estimate of drug-likeness (QED) is 0.0894. The second-order valence-electron chi connectivity index (χ2n) is 14.7. The molecule has 0 aliphatic heterocycles. The Morgan fingerprint density at radius 2 is 0.818 bits per heavy atom. The molecule has 13 heteroatoms. The van der Waals surface area contributed by atoms with Crippen molar-refractivity contribution in [2.45, 2.75) is 13.8 Å². The first-order chi connectivity index (χ1) is 31.6. The number of aryl methyl sites for hydroxylation is 2. The monoisotopic (exact) mass is 895 g/mol. The fraction of sp³-hybridized carbons (Fsp3) is 0.0377. The van der Waals surface area contributed by atoms with Crippen LogP contribution < -0.4 is 16.4 Å². The van der Waals surface area contributed by atoms with Crippen LogP contribution in [0.15, 0.2) is 170 Å². The number of carbonyl (C=O) groups excluding carboxylic acids is 2. The highest BCUT2D eigenvalue weighted by Crippen LogP contribution is 2.31. The van der Waals surface area contributed by atoms with Crippen LogP contribution in [0.2, 0.25) is 0 Å². The van der Waals surface area contributed by atoms with Crippen LogP contribution in [0, 0.1) is 48.8 Å². The van der Waals surface area contributed by atoms with Gasteiger partial charge in [-0.3, -0.25) is 9.59 Å². The molecule has 0 aromatic heterocycles. The molecule has 332 valence electrons. The van der Waals surface area contributed by atoms with Gasteiger partial charge in [0, 0.05) is 57.4 Å². The molecular weight excluding hydrogens is 857 g/mol. The Bertz CT molecular complexity index is 3060. The Morgan fingerprint density at radius 1 is 0.439 bits per heavy atom. The molecule has 0 radical (unpaired) electrons. The van der Waals surface area contributed by atoms with Crippen molar-refractivity contribution < 1.29 is 45.8 Å². The van der Waals surface area contributed by atoms with E-state index >= 15 is 0 Å². The normalized spacial score (nSPS) is 10.4. The van der Waals surface area contributed by atoms with Gasteiger partial charge in [0.25, 0.3) is 11.8 Å². The molecule has 66 heavy (non-hydrogen) atoms. The number of carboxylic acid groups (broad SMARTS) is 1. The van der Waals surface area contributed by atoms with Gasteiger partial charge in [-0.2, -0.15) is 0 Å². The summed E-state index contributed by atoms with van der Waals surface area (Å²) in [6.45, 7) is 3.73. The number of nitrogen functional groups attached to an aromatic ring is 1. The molecule has 0 saturated carbocycles. The zero-order chi connectivity index (χ0) is 47.5. The summed E-state index contributed by atoms with van der Waals surface area (Å²) < 4.78 is 80.4. The Morgan fingerprint density at radius 3 is 1.23 bits per heavy atom. The van der Waals surface area contributed by atoms with Crippen LogP contribution in [0.25, 0.3) is 33.4 Å². The fourth-order valence-electron chi connectivity index (χ4n) is 6.47. The molecule has 0 bridgehead atoms. The van der Waals surface area contributed by atoms with Crippen molar-refractivity contribution in [2.75, 3.05) is 16.4 Å². The first kappa shape index (κ1) is 47.0. The minimum atomic E-state index is -1.24. The number of carbonyl (C=O) groups is 3. The van der Waals surface area contributed by atoms with E-state index in [4.69, 9.17) is 5.73 Å². The smallest absolute Gasteiger partial charge is 0.337 e. The van der Waals surface area contributed by atoms with E-state index in [9.17, 15) is 45.8 Å². The lowest BCUT2D eigenvalue weighted by atomic mass is 10.0. The molecule has 0 aliphatic carbocycles. The summed E-state index contributed by atoms with van der Waals surface area (Å²) in [5.74, 6) is -5.90. The Balaban J connectivity index is 0.000000168. The highest BCUT2D eigenvalue weighted by atomic mass is 19.2. The topological polar surface area (TPSA) is 122 Å². The Hall–Kier alpha value is -8.45. The highest BCUT2D eigenvalue weighted by Gasteiger charge is 2.17. The Labute approximate surface area is 375 Å². The third kappa shape index (κ3) is 12.0. The summed E-state index contributed by atoms with van der Waals surface area (Å²) in [6, 6.07) is 41.6. The van der Waals surface area contributed by atoms with E-state index in [0.29, 0.717) is 44.8 Å². The van der Waals surface area contributed by atoms with Gasteiger partial charge in [-0.25, -0.2) is 31.1 Å². The maximum absolute atomic E-state index is 14.0. The number of carboxylic acids is 1. The van der Waals surface area contributed by atoms with Crippen molar-refractivity contribution in [1.82, 2.24) is 0 Å². The summed E-state index contributed by atoms with van der Waals surface area (Å²) in [4.78, 5) is 36.0. The van der Waals surface area contributed by atoms with Crippen molar-refractivity contribution in [1.29, 1.82) is 0 Å². The first-order valence-electron chi connectivity index (χ1n) is 20.0. The van der Waals surface area contributed by atoms with Gasteiger partial charge in [-0.1, -0.05) is 66.7 Å². The van der Waals surface area contributed by atoms with E-state index in [0.717, 1.165) is 35.4 Å². The molecule has 8 aromatic rings. The van der Waals surface area contributed by atoms with Crippen molar-refractivity contribution in [2.24, 2.45) is 0 Å². The summed E-state index contributed by atoms with van der Waals surface area (Å²) in [6.07, 6.45) is 0. The number of anilines is 3. The van der Waals surface area contributed by atoms with Gasteiger partial charge in [-0.15, -0.1) is 0 Å². The summed E-state index contributed by atoms with van der Waals surface area (Å²) in [7, 11) is 0. The van der Waals surface area contributed by atoms with Crippen LogP contribution in [0.3, 0.4) is 0 Å². The molecule has 0 spiro atoms. The van der Waals surface area contributed by atoms with Crippen molar-refractivity contribution in [3.63, 3.8) is 0 Å². The third-order valence-electron chi connectivity index (χ3n) is 10.1. The molecule has 5 N–H and O–H groups in total. The SMILES string of the molecule is Cc1ccc(-c2ccc(F)cc2F)cc1N.Cc1ccc(-c2ccc(F)cc2F)cc1NC(=O)c1ccccc1.O=C(Nc1cc(-c2ccc(F)cc2F)ccc1C(=O)O)c1ccccc1. The molecule has 7 nitrogen and oxygen atoms in total. The zero-order valence-corrected chi connectivity index (χ0v) is 35.2. The fourth-order valence-corrected chi connectivity index (χ4v) is 6.47. The van der Waals surface area contributed by atoms with E-state index in [-0.39, 0.29) is 28.3 Å². The average molecular weight is 896 g/mol. The first-order valence-corrected chi connectivity index (χ1v) is 20.0. The second-order valence-corrected chi connectivity index (χ2v) is 14.7. The molecule has 2 amide bonds. The standard InChI is InChI=1S/C20H13F2NO3.C20H15F2NO.C13H11F2N/c21-14-7-9-15(17(22)11-14)13-6-8-16(20(25)26)18(10-13)23-19(24)12-4-2-1-3-5-12;1-13-7-8-15(17-10-9-16(21)12-18(17)22)11-19(13)23-20(24)14-5-3-2-4-6-14;1-8-2-3-9(6-13(8)16)11-5-4-10(14)7-12(11)15/h1-11H,(H,23,24)(H,25,26);2-12H,1H3,(H,23,24);2-7H,16H2,1H3. The summed E-state index contributed by atoms with van der Waals surface area (Å²) >= 11 is 0. The van der Waals surface area contributed by atoms with Gasteiger partial charge in [-0.05, 0) is 127 Å². The van der Waals surface area contributed by atoms with Crippen molar-refractivity contribution >= 4 is 34.8 Å². The minimum absolute atomic E-state index is 0.0209. The molecule has 8 aromatic carbocycles. The number of benzene rings is 8. The number of aromatic carboxylic acids is 1. The van der Waals surface area contributed by atoms with Gasteiger partial charge < -0.3 is 21.5 Å². The van der Waals surface area contributed by atoms with E-state index in [1.807, 2.05) is 26.0 Å². The molecule has 0 fully saturated rings. The second kappa shape index (κ2) is 21.3. The van der Waals surface area contributed by atoms with E-state index < -0.39 is 46.8 Å². The van der Waals surface area contributed by atoms with Crippen LogP contribution in [0.5, 0.6) is 0 Å². The van der Waals surface area contributed by atoms with Gasteiger partial charge in [0.05, 0.1) is 11.3 Å². The number of rotatable bonds is 8. The van der Waals surface area contributed by atoms with Gasteiger partial charge >= 0.3 is 5.97 Å². The molecular formula is C53H39F6N3O4. The van der Waals surface area contributed by atoms with Crippen LogP contribution in [-0.4, -0.2) is 22.9 Å². The highest BCUT2D eigenvalue weighted by molar-refractivity contribution is 6.08. The average Bonchev–Trinajstić information content (AvgIpc) is 3.29. The van der Waals surface area contributed by atoms with Crippen LogP contribution in [0.1, 0.15) is 42.2 Å². The van der Waals surface area contributed by atoms with Crippen LogP contribution >= 0.6 is 0 Å². The summed E-state index contributed by atoms with van der Waals surface area (Å²) in [5.41, 5.74) is 11.8. The van der Waals surface area contributed by atoms with E-state index in [1.54, 1.807) is 84.9 Å². The van der Waals surface area contributed by atoms with Crippen LogP contribution in [-0.2, 0) is 0 Å². The zero-order valence-electron chi connectivity index (χ0n) is 35.2. The molecule has 0 saturated heterocycles. The number of hydrogen-bond acceptors (Lipinski definition) is 4. The lowest BCUT2D eigenvalue weighted by Gasteiger charge is -2.12. The number of hydrogen-bond donors (Lipinski definition) is 4. The predicted molar refractivity (Wildman–Crippen MR) is 245 cm³/mol. The number of nitrogens with two attached hydrogens (primary N) is 1. The molecule has 8 rings (SSSR count). The maximum atomic E-state index is 14.0. The van der Waals surface area contributed by atoms with Crippen molar-refractivity contribution in [3.05, 3.63) is 233 Å². The van der Waals surface area contributed by atoms with E-state index in [1.165, 1.54) is 48.5 Å². The van der Waals surface area contributed by atoms with Gasteiger partial charge in [0.2, 0.25) is 0 Å². The molecule has 0 atom stereocenters. The van der Waals surface area contributed by atoms with Crippen LogP contribution in [0.4, 0.5) is 43.4 Å². The molecule has 0 aliphatic rings. The largest absolute Gasteiger partial charge is 0.478 e. The molecule has 0 unspecified atom stereocenters. The van der Waals surface area contributed by atoms with E-state index in [2.05, 4.69) is 10.6 Å². The minimum Gasteiger partial charge on any atom is -0.478 e. The molecule has 0 heterocycles. The van der Waals surface area contributed by atoms with Gasteiger partial charge in [0.15, 0.2) is 0 Å². The third-order valence-corrected chi connectivity index (χ3v) is 10.1. The lowest BCUT2D eigenvalue weighted by molar-refractivity contribution is 0.0697. The van der Waals surface area contributed by atoms with Gasteiger partial charge in [0.1, 0.15) is 34.9 Å². The summed E-state index contributed by atoms with van der Waals surface area (Å²) in [5, 5.41) is 14.7. The predicted octanol–water partition coefficient (Wildman–Crippen LogP) is 13.3. The number of amides is 2. The Kier molecular flexibility index (Phi) is 15.2. The number of halogens is 6. The number of nitrogens with one attached hydrogen (secondary N) is 2. The maximum Gasteiger partial charge on any atom is 0.337 e. The lowest BCUT2D eigenvalue weighted by Crippen LogP contribution is -2.14.